The number of aromatic nitrogens is 2. The second kappa shape index (κ2) is 5.01. The molecule has 2 N–H and O–H groups in total. The molecule has 1 heterocycles. The molecule has 0 amide bonds. The van der Waals surface area contributed by atoms with Crippen LogP contribution < -0.4 is 10.1 Å². The molecule has 1 aromatic carbocycles. The molecule has 0 saturated heterocycles. The number of aromatic amines is 1. The molecule has 0 aliphatic heterocycles. The molecular formula is C13H17N3O. The number of aryl methyl sites for hydroxylation is 1. The molecule has 2 rings (SSSR count). The van der Waals surface area contributed by atoms with Gasteiger partial charge in [0.25, 0.3) is 0 Å². The Morgan fingerprint density at radius 2 is 2.18 bits per heavy atom. The van der Waals surface area contributed by atoms with E-state index in [4.69, 9.17) is 4.74 Å². The van der Waals surface area contributed by atoms with Crippen molar-refractivity contribution in [1.29, 1.82) is 0 Å². The summed E-state index contributed by atoms with van der Waals surface area (Å²) in [6.07, 6.45) is 1.76. The topological polar surface area (TPSA) is 49.9 Å². The first-order chi connectivity index (χ1) is 8.26. The maximum atomic E-state index is 5.26. The van der Waals surface area contributed by atoms with E-state index in [2.05, 4.69) is 27.6 Å². The summed E-state index contributed by atoms with van der Waals surface area (Å²) in [6, 6.07) is 8.28. The quantitative estimate of drug-likeness (QED) is 0.846. The van der Waals surface area contributed by atoms with E-state index in [9.17, 15) is 0 Å². The van der Waals surface area contributed by atoms with Crippen LogP contribution in [0, 0.1) is 6.92 Å². The summed E-state index contributed by atoms with van der Waals surface area (Å²) in [5.74, 6) is 0.910. The maximum absolute atomic E-state index is 5.26. The van der Waals surface area contributed by atoms with E-state index in [1.54, 1.807) is 13.3 Å². The molecule has 1 aromatic heterocycles. The summed E-state index contributed by atoms with van der Waals surface area (Å²) in [6.45, 7) is 2.04. The zero-order valence-electron chi connectivity index (χ0n) is 10.3. The Labute approximate surface area is 101 Å². The molecular weight excluding hydrogens is 214 g/mol. The van der Waals surface area contributed by atoms with Crippen LogP contribution >= 0.6 is 0 Å². The Kier molecular flexibility index (Phi) is 3.44. The van der Waals surface area contributed by atoms with E-state index in [-0.39, 0.29) is 6.04 Å². The van der Waals surface area contributed by atoms with Crippen molar-refractivity contribution in [1.82, 2.24) is 15.5 Å². The highest BCUT2D eigenvalue weighted by Crippen LogP contribution is 2.25. The molecule has 2 aromatic rings. The van der Waals surface area contributed by atoms with Gasteiger partial charge in [-0.2, -0.15) is 5.10 Å². The molecule has 0 radical (unpaired) electrons. The van der Waals surface area contributed by atoms with Crippen molar-refractivity contribution in [3.63, 3.8) is 0 Å². The standard InChI is InChI=1S/C13H17N3O/c1-9-8-10(4-5-12(9)17-3)13(14-2)11-6-7-15-16-11/h4-8,13-14H,1-3H3,(H,15,16). The second-order valence-corrected chi connectivity index (χ2v) is 3.96. The molecule has 0 aliphatic rings. The minimum absolute atomic E-state index is 0.127. The van der Waals surface area contributed by atoms with Gasteiger partial charge in [-0.3, -0.25) is 5.10 Å². The molecule has 0 fully saturated rings. The van der Waals surface area contributed by atoms with Gasteiger partial charge in [0.1, 0.15) is 5.75 Å². The number of H-pyrrole nitrogens is 1. The lowest BCUT2D eigenvalue weighted by Gasteiger charge is -2.16. The van der Waals surface area contributed by atoms with Crippen molar-refractivity contribution >= 4 is 0 Å². The van der Waals surface area contributed by atoms with Crippen molar-refractivity contribution in [3.8, 4) is 5.75 Å². The highest BCUT2D eigenvalue weighted by atomic mass is 16.5. The first-order valence-corrected chi connectivity index (χ1v) is 5.57. The lowest BCUT2D eigenvalue weighted by Crippen LogP contribution is -2.18. The van der Waals surface area contributed by atoms with E-state index in [0.717, 1.165) is 17.0 Å². The third-order valence-corrected chi connectivity index (χ3v) is 2.87. The van der Waals surface area contributed by atoms with Crippen LogP contribution in [-0.2, 0) is 0 Å². The second-order valence-electron chi connectivity index (χ2n) is 3.96. The number of nitrogens with zero attached hydrogens (tertiary/aromatic N) is 1. The smallest absolute Gasteiger partial charge is 0.121 e. The van der Waals surface area contributed by atoms with Crippen LogP contribution in [0.3, 0.4) is 0 Å². The maximum Gasteiger partial charge on any atom is 0.121 e. The molecule has 17 heavy (non-hydrogen) atoms. The molecule has 1 atom stereocenters. The van der Waals surface area contributed by atoms with Gasteiger partial charge in [0.15, 0.2) is 0 Å². The van der Waals surface area contributed by atoms with Gasteiger partial charge in [0.05, 0.1) is 18.8 Å². The average Bonchev–Trinajstić information content (AvgIpc) is 2.84. The summed E-state index contributed by atoms with van der Waals surface area (Å²) < 4.78 is 5.26. The zero-order valence-corrected chi connectivity index (χ0v) is 10.3. The van der Waals surface area contributed by atoms with Crippen molar-refractivity contribution in [2.45, 2.75) is 13.0 Å². The van der Waals surface area contributed by atoms with Gasteiger partial charge in [-0.05, 0) is 37.2 Å². The van der Waals surface area contributed by atoms with Gasteiger partial charge in [-0.25, -0.2) is 0 Å². The molecule has 0 saturated carbocycles. The summed E-state index contributed by atoms with van der Waals surface area (Å²) in [7, 11) is 3.62. The zero-order chi connectivity index (χ0) is 12.3. The van der Waals surface area contributed by atoms with Crippen molar-refractivity contribution in [2.24, 2.45) is 0 Å². The fraction of sp³-hybridized carbons (Fsp3) is 0.308. The van der Waals surface area contributed by atoms with Gasteiger partial charge in [0.2, 0.25) is 0 Å². The van der Waals surface area contributed by atoms with Gasteiger partial charge in [0, 0.05) is 6.20 Å². The van der Waals surface area contributed by atoms with Gasteiger partial charge in [-0.1, -0.05) is 12.1 Å². The van der Waals surface area contributed by atoms with Crippen molar-refractivity contribution < 1.29 is 4.74 Å². The number of methoxy groups -OCH3 is 1. The molecule has 90 valence electrons. The highest BCUT2D eigenvalue weighted by molar-refractivity contribution is 5.39. The number of rotatable bonds is 4. The number of hydrogen-bond donors (Lipinski definition) is 2. The van der Waals surface area contributed by atoms with Crippen LogP contribution in [-0.4, -0.2) is 24.4 Å². The lowest BCUT2D eigenvalue weighted by molar-refractivity contribution is 0.411. The first kappa shape index (κ1) is 11.7. The molecule has 4 heteroatoms. The molecule has 4 nitrogen and oxygen atoms in total. The van der Waals surface area contributed by atoms with Crippen molar-refractivity contribution in [2.75, 3.05) is 14.2 Å². The van der Waals surface area contributed by atoms with E-state index in [1.807, 2.05) is 26.1 Å². The minimum Gasteiger partial charge on any atom is -0.496 e. The average molecular weight is 231 g/mol. The fourth-order valence-electron chi connectivity index (χ4n) is 2.01. The Morgan fingerprint density at radius 1 is 1.35 bits per heavy atom. The third-order valence-electron chi connectivity index (χ3n) is 2.87. The Morgan fingerprint density at radius 3 is 2.71 bits per heavy atom. The van der Waals surface area contributed by atoms with Crippen molar-refractivity contribution in [3.05, 3.63) is 47.3 Å². The van der Waals surface area contributed by atoms with Crippen LogP contribution in [0.1, 0.15) is 22.9 Å². The van der Waals surface area contributed by atoms with Crippen LogP contribution in [0.15, 0.2) is 30.5 Å². The first-order valence-electron chi connectivity index (χ1n) is 5.57. The molecule has 0 bridgehead atoms. The predicted molar refractivity (Wildman–Crippen MR) is 67.2 cm³/mol. The molecule has 1 unspecified atom stereocenters. The van der Waals surface area contributed by atoms with Gasteiger partial charge < -0.3 is 10.1 Å². The minimum atomic E-state index is 0.127. The molecule has 0 spiro atoms. The number of nitrogens with one attached hydrogen (secondary N) is 2. The van der Waals surface area contributed by atoms with Crippen LogP contribution in [0.5, 0.6) is 5.75 Å². The van der Waals surface area contributed by atoms with E-state index in [0.29, 0.717) is 0 Å². The Bertz CT molecular complexity index is 479. The summed E-state index contributed by atoms with van der Waals surface area (Å²) in [5.41, 5.74) is 3.37. The Balaban J connectivity index is 2.35. The van der Waals surface area contributed by atoms with E-state index < -0.39 is 0 Å². The van der Waals surface area contributed by atoms with E-state index >= 15 is 0 Å². The van der Waals surface area contributed by atoms with E-state index in [1.165, 1.54) is 5.56 Å². The number of benzene rings is 1. The SMILES string of the molecule is CNC(c1ccc(OC)c(C)c1)c1ccn[nH]1. The normalized spacial score (nSPS) is 12.4. The fourth-order valence-corrected chi connectivity index (χ4v) is 2.01. The summed E-state index contributed by atoms with van der Waals surface area (Å²) in [5, 5.41) is 10.2. The van der Waals surface area contributed by atoms with Crippen LogP contribution in [0.25, 0.3) is 0 Å². The highest BCUT2D eigenvalue weighted by Gasteiger charge is 2.14. The third kappa shape index (κ3) is 2.31. The van der Waals surface area contributed by atoms with Crippen LogP contribution in [0.4, 0.5) is 0 Å². The summed E-state index contributed by atoms with van der Waals surface area (Å²) in [4.78, 5) is 0. The monoisotopic (exact) mass is 231 g/mol. The Hall–Kier alpha value is -1.81. The predicted octanol–water partition coefficient (Wildman–Crippen LogP) is 2.04. The number of ether oxygens (including phenoxy) is 1. The molecule has 0 aliphatic carbocycles. The van der Waals surface area contributed by atoms with Crippen LogP contribution in [0.2, 0.25) is 0 Å². The van der Waals surface area contributed by atoms with Gasteiger partial charge >= 0.3 is 0 Å². The largest absolute Gasteiger partial charge is 0.496 e. The van der Waals surface area contributed by atoms with Gasteiger partial charge in [-0.15, -0.1) is 0 Å². The lowest BCUT2D eigenvalue weighted by atomic mass is 10.0. The number of hydrogen-bond acceptors (Lipinski definition) is 3. The summed E-state index contributed by atoms with van der Waals surface area (Å²) >= 11 is 0.